The smallest absolute Gasteiger partial charge is 0.240 e. The van der Waals surface area contributed by atoms with Gasteiger partial charge in [0.15, 0.2) is 5.78 Å². The predicted molar refractivity (Wildman–Crippen MR) is 190 cm³/mol. The van der Waals surface area contributed by atoms with Crippen molar-refractivity contribution in [1.29, 1.82) is 0 Å². The van der Waals surface area contributed by atoms with E-state index in [4.69, 9.17) is 9.57 Å². The lowest BCUT2D eigenvalue weighted by Crippen LogP contribution is -2.62. The van der Waals surface area contributed by atoms with Crippen LogP contribution in [0, 0.1) is 29.1 Å². The van der Waals surface area contributed by atoms with E-state index >= 15 is 0 Å². The molecule has 1 saturated heterocycles. The van der Waals surface area contributed by atoms with Gasteiger partial charge in [-0.05, 0) is 66.9 Å². The van der Waals surface area contributed by atoms with E-state index in [0.29, 0.717) is 40.9 Å². The Morgan fingerprint density at radius 3 is 2.41 bits per heavy atom. The minimum Gasteiger partial charge on any atom is -0.496 e. The summed E-state index contributed by atoms with van der Waals surface area (Å²) in [6.07, 6.45) is 2.71. The maximum atomic E-state index is 14.1. The number of benzene rings is 3. The molecule has 8 nitrogen and oxygen atoms in total. The lowest BCUT2D eigenvalue weighted by molar-refractivity contribution is -0.183. The maximum absolute atomic E-state index is 14.1. The lowest BCUT2D eigenvalue weighted by atomic mass is 9.45. The van der Waals surface area contributed by atoms with E-state index in [1.807, 2.05) is 60.7 Å². The van der Waals surface area contributed by atoms with E-state index < -0.39 is 24.2 Å². The zero-order chi connectivity index (χ0) is 34.9. The Morgan fingerprint density at radius 1 is 1.04 bits per heavy atom. The number of hydrogen-bond acceptors (Lipinski definition) is 7. The molecule has 0 aromatic heterocycles. The first-order chi connectivity index (χ1) is 23.5. The van der Waals surface area contributed by atoms with Crippen LogP contribution < -0.4 is 10.1 Å². The van der Waals surface area contributed by atoms with Crippen LogP contribution in [0.5, 0.6) is 5.75 Å². The number of methoxy groups -OCH3 is 1. The first-order valence-corrected chi connectivity index (χ1v) is 17.9. The number of ketones is 1. The SMILES string of the molecule is COc1c(CN2O[C@@H](CO)[C@@H]([C@H](C)O)[C@H]2C(=O)N[C@H]2C[C@H]3C[C@@H]([C@@H]2C)C3(C)C)cccc1-c1ccc(C(=O)CCCc2ccccc2)cc1. The Morgan fingerprint density at radius 2 is 1.78 bits per heavy atom. The number of rotatable bonds is 13. The molecular formula is C41H52N2O6. The van der Waals surface area contributed by atoms with E-state index in [2.05, 4.69) is 38.2 Å². The summed E-state index contributed by atoms with van der Waals surface area (Å²) in [6, 6.07) is 22.9. The van der Waals surface area contributed by atoms with Gasteiger partial charge in [-0.25, -0.2) is 0 Å². The summed E-state index contributed by atoms with van der Waals surface area (Å²) < 4.78 is 5.96. The number of carbonyl (C=O) groups is 2. The average molecular weight is 669 g/mol. The standard InChI is InChI=1S/C41H52N2O6/c1-25-33-21-31(41(33,3)4)22-34(25)42-40(47)38-37(26(2)45)36(24-44)49-43(38)23-30-14-10-15-32(39(30)48-5)28-17-19-29(20-18-28)35(46)16-9-13-27-11-7-6-8-12-27/h6-8,10-12,14-15,17-20,25-26,31,33-34,36-38,44-45H,9,13,16,21-24H2,1-5H3,(H,42,47)/t25-,26-,31+,33-,34-,36-,37+,38-/m0/s1. The number of hydroxylamine groups is 2. The number of fused-ring (bicyclic) bond motifs is 2. The highest BCUT2D eigenvalue weighted by Gasteiger charge is 2.57. The largest absolute Gasteiger partial charge is 0.496 e. The fourth-order valence-corrected chi connectivity index (χ4v) is 8.91. The highest BCUT2D eigenvalue weighted by Crippen LogP contribution is 2.61. The van der Waals surface area contributed by atoms with Gasteiger partial charge in [0.1, 0.15) is 17.9 Å². The molecule has 8 heteroatoms. The van der Waals surface area contributed by atoms with Crippen molar-refractivity contribution in [3.8, 4) is 16.9 Å². The summed E-state index contributed by atoms with van der Waals surface area (Å²) in [6.45, 7) is 8.47. The molecule has 1 heterocycles. The van der Waals surface area contributed by atoms with Crippen LogP contribution in [0.3, 0.4) is 0 Å². The monoisotopic (exact) mass is 668 g/mol. The number of aryl methyl sites for hydroxylation is 1. The van der Waals surface area contributed by atoms with Crippen molar-refractivity contribution in [3.63, 3.8) is 0 Å². The van der Waals surface area contributed by atoms with Crippen molar-refractivity contribution in [2.45, 2.75) is 90.6 Å². The van der Waals surface area contributed by atoms with Crippen LogP contribution >= 0.6 is 0 Å². The molecule has 49 heavy (non-hydrogen) atoms. The van der Waals surface area contributed by atoms with Crippen LogP contribution in [0.15, 0.2) is 72.8 Å². The zero-order valence-corrected chi connectivity index (χ0v) is 29.5. The maximum Gasteiger partial charge on any atom is 0.240 e. The first-order valence-electron chi connectivity index (χ1n) is 17.9. The molecule has 7 rings (SSSR count). The summed E-state index contributed by atoms with van der Waals surface area (Å²) in [7, 11) is 1.62. The lowest BCUT2D eigenvalue weighted by Gasteiger charge is -2.62. The van der Waals surface area contributed by atoms with Crippen molar-refractivity contribution in [1.82, 2.24) is 10.4 Å². The van der Waals surface area contributed by atoms with Gasteiger partial charge >= 0.3 is 0 Å². The predicted octanol–water partition coefficient (Wildman–Crippen LogP) is 6.23. The minimum absolute atomic E-state index is 0.0607. The molecule has 262 valence electrons. The molecule has 4 fully saturated rings. The number of carbonyl (C=O) groups excluding carboxylic acids is 2. The number of aliphatic hydroxyl groups is 2. The summed E-state index contributed by atoms with van der Waals surface area (Å²) in [4.78, 5) is 33.3. The third-order valence-corrected chi connectivity index (χ3v) is 11.9. The van der Waals surface area contributed by atoms with Crippen molar-refractivity contribution in [3.05, 3.63) is 89.5 Å². The number of nitrogens with zero attached hydrogens (tertiary/aromatic N) is 1. The zero-order valence-electron chi connectivity index (χ0n) is 29.5. The molecule has 0 spiro atoms. The number of hydrogen-bond donors (Lipinski definition) is 3. The van der Waals surface area contributed by atoms with Gasteiger partial charge < -0.3 is 20.3 Å². The topological polar surface area (TPSA) is 108 Å². The molecule has 1 amide bonds. The molecule has 3 aromatic carbocycles. The van der Waals surface area contributed by atoms with Crippen LogP contribution in [0.4, 0.5) is 0 Å². The molecule has 3 aromatic rings. The van der Waals surface area contributed by atoms with Gasteiger partial charge in [0.25, 0.3) is 0 Å². The number of amides is 1. The average Bonchev–Trinajstić information content (AvgIpc) is 3.48. The third-order valence-electron chi connectivity index (χ3n) is 11.9. The van der Waals surface area contributed by atoms with Crippen LogP contribution in [-0.2, 0) is 22.6 Å². The number of aliphatic hydroxyl groups excluding tert-OH is 2. The van der Waals surface area contributed by atoms with E-state index in [9.17, 15) is 19.8 Å². The highest BCUT2D eigenvalue weighted by molar-refractivity contribution is 5.96. The number of para-hydroxylation sites is 1. The number of ether oxygens (including phenoxy) is 1. The van der Waals surface area contributed by atoms with Gasteiger partial charge in [0, 0.05) is 35.1 Å². The van der Waals surface area contributed by atoms with Gasteiger partial charge in [-0.2, -0.15) is 5.06 Å². The second kappa shape index (κ2) is 14.7. The molecule has 3 aliphatic carbocycles. The summed E-state index contributed by atoms with van der Waals surface area (Å²) >= 11 is 0. The Bertz CT molecular complexity index is 1610. The Kier molecular flexibility index (Phi) is 10.6. The van der Waals surface area contributed by atoms with Crippen LogP contribution in [0.1, 0.15) is 74.9 Å². The summed E-state index contributed by atoms with van der Waals surface area (Å²) in [5.41, 5.74) is 4.77. The van der Waals surface area contributed by atoms with Crippen LogP contribution in [-0.4, -0.2) is 65.0 Å². The van der Waals surface area contributed by atoms with Crippen molar-refractivity contribution in [2.24, 2.45) is 29.1 Å². The molecule has 3 saturated carbocycles. The van der Waals surface area contributed by atoms with E-state index in [0.717, 1.165) is 36.0 Å². The Balaban J connectivity index is 1.18. The Labute approximate surface area is 290 Å². The summed E-state index contributed by atoms with van der Waals surface area (Å²) in [5, 5.41) is 26.0. The van der Waals surface area contributed by atoms with Gasteiger partial charge in [-0.1, -0.05) is 93.6 Å². The van der Waals surface area contributed by atoms with Crippen LogP contribution in [0.2, 0.25) is 0 Å². The summed E-state index contributed by atoms with van der Waals surface area (Å²) in [5.74, 6) is 1.48. The van der Waals surface area contributed by atoms with Gasteiger partial charge in [-0.3, -0.25) is 14.4 Å². The third kappa shape index (κ3) is 7.07. The Hall–Kier alpha value is -3.56. The molecule has 3 N–H and O–H groups in total. The van der Waals surface area contributed by atoms with Crippen molar-refractivity contribution < 1.29 is 29.4 Å². The number of Topliss-reactive ketones (excluding diaryl/α,β-unsaturated/α-hetero) is 1. The van der Waals surface area contributed by atoms with Crippen molar-refractivity contribution >= 4 is 11.7 Å². The molecule has 0 unspecified atom stereocenters. The number of nitrogens with one attached hydrogen (secondary N) is 1. The first kappa shape index (κ1) is 35.3. The molecular weight excluding hydrogens is 616 g/mol. The second-order valence-electron chi connectivity index (χ2n) is 15.1. The van der Waals surface area contributed by atoms with E-state index in [1.54, 1.807) is 19.1 Å². The molecule has 0 radical (unpaired) electrons. The van der Waals surface area contributed by atoms with E-state index in [-0.39, 0.29) is 30.9 Å². The minimum atomic E-state index is -0.873. The fraction of sp³-hybridized carbons (Fsp3) is 0.512. The van der Waals surface area contributed by atoms with Gasteiger partial charge in [-0.15, -0.1) is 0 Å². The molecule has 8 atom stereocenters. The highest BCUT2D eigenvalue weighted by atomic mass is 16.7. The van der Waals surface area contributed by atoms with Crippen molar-refractivity contribution in [2.75, 3.05) is 13.7 Å². The van der Waals surface area contributed by atoms with Gasteiger partial charge in [0.05, 0.1) is 26.4 Å². The molecule has 4 aliphatic rings. The second-order valence-corrected chi connectivity index (χ2v) is 15.1. The normalized spacial score (nSPS) is 28.0. The van der Waals surface area contributed by atoms with Gasteiger partial charge in [0.2, 0.25) is 5.91 Å². The molecule has 2 bridgehead atoms. The van der Waals surface area contributed by atoms with Crippen LogP contribution in [0.25, 0.3) is 11.1 Å². The fourth-order valence-electron chi connectivity index (χ4n) is 8.91. The molecule has 1 aliphatic heterocycles. The van der Waals surface area contributed by atoms with E-state index in [1.165, 1.54) is 12.0 Å². The quantitative estimate of drug-likeness (QED) is 0.186.